The molecule has 0 atom stereocenters. The van der Waals surface area contributed by atoms with Crippen molar-refractivity contribution in [3.05, 3.63) is 91.3 Å². The normalized spacial score (nSPS) is 12.9. The number of aryl methyl sites for hydroxylation is 1. The zero-order valence-corrected chi connectivity index (χ0v) is 19.2. The largest absolute Gasteiger partial charge is 0.456 e. The fraction of sp³-hybridized carbons (Fsp3) is 0.130. The van der Waals surface area contributed by atoms with Crippen LogP contribution in [0.15, 0.2) is 53.3 Å². The van der Waals surface area contributed by atoms with E-state index in [2.05, 4.69) is 10.1 Å². The van der Waals surface area contributed by atoms with Crippen LogP contribution >= 0.6 is 22.9 Å². The number of fused-ring (bicyclic) bond motifs is 2. The molecule has 4 aromatic rings. The Morgan fingerprint density at radius 1 is 1.06 bits per heavy atom. The van der Waals surface area contributed by atoms with E-state index in [9.17, 15) is 19.2 Å². The molecule has 11 heteroatoms. The molecular weight excluding hydrogens is 480 g/mol. The van der Waals surface area contributed by atoms with Crippen LogP contribution in [0.25, 0.3) is 4.96 Å². The monoisotopic (exact) mass is 494 g/mol. The molecule has 170 valence electrons. The summed E-state index contributed by atoms with van der Waals surface area (Å²) in [5, 5.41) is 5.19. The number of para-hydroxylation sites is 1. The van der Waals surface area contributed by atoms with Gasteiger partial charge in [0, 0.05) is 6.07 Å². The summed E-state index contributed by atoms with van der Waals surface area (Å²) in [7, 11) is 0. The van der Waals surface area contributed by atoms with Gasteiger partial charge in [0.05, 0.1) is 33.1 Å². The third kappa shape index (κ3) is 3.66. The van der Waals surface area contributed by atoms with E-state index in [4.69, 9.17) is 16.3 Å². The fourth-order valence-corrected chi connectivity index (χ4v) is 4.63. The van der Waals surface area contributed by atoms with Crippen molar-refractivity contribution in [3.8, 4) is 0 Å². The van der Waals surface area contributed by atoms with E-state index < -0.39 is 17.8 Å². The van der Waals surface area contributed by atoms with Gasteiger partial charge in [-0.1, -0.05) is 42.0 Å². The fourth-order valence-electron chi connectivity index (χ4n) is 3.56. The Hall–Kier alpha value is -3.89. The second-order valence-corrected chi connectivity index (χ2v) is 8.81. The average molecular weight is 495 g/mol. The number of rotatable bonds is 5. The van der Waals surface area contributed by atoms with Crippen molar-refractivity contribution in [1.29, 1.82) is 0 Å². The van der Waals surface area contributed by atoms with E-state index >= 15 is 0 Å². The minimum atomic E-state index is -0.722. The Morgan fingerprint density at radius 2 is 1.82 bits per heavy atom. The number of hydrogen-bond donors (Lipinski definition) is 0. The molecule has 0 saturated carbocycles. The van der Waals surface area contributed by atoms with Crippen LogP contribution in [0.1, 0.15) is 48.7 Å². The second-order valence-electron chi connectivity index (χ2n) is 7.36. The first-order chi connectivity index (χ1) is 16.4. The lowest BCUT2D eigenvalue weighted by atomic mass is 10.1. The van der Waals surface area contributed by atoms with Gasteiger partial charge in [-0.3, -0.25) is 14.4 Å². The summed E-state index contributed by atoms with van der Waals surface area (Å²) < 4.78 is 6.52. The van der Waals surface area contributed by atoms with E-state index in [1.807, 2.05) is 6.92 Å². The predicted molar refractivity (Wildman–Crippen MR) is 125 cm³/mol. The van der Waals surface area contributed by atoms with Crippen LogP contribution in [0.5, 0.6) is 0 Å². The third-order valence-electron chi connectivity index (χ3n) is 5.21. The number of nitrogens with zero attached hydrogens (tertiary/aromatic N) is 4. The lowest BCUT2D eigenvalue weighted by molar-refractivity contribution is 0.0467. The molecule has 0 bridgehead atoms. The van der Waals surface area contributed by atoms with Crippen LogP contribution in [0.3, 0.4) is 0 Å². The smallest absolute Gasteiger partial charge is 0.338 e. The summed E-state index contributed by atoms with van der Waals surface area (Å²) in [5.74, 6) is -1.83. The molecule has 0 fully saturated rings. The van der Waals surface area contributed by atoms with Gasteiger partial charge >= 0.3 is 5.97 Å². The lowest BCUT2D eigenvalue weighted by Gasteiger charge is -2.15. The number of ether oxygens (including phenoxy) is 1. The number of esters is 1. The summed E-state index contributed by atoms with van der Waals surface area (Å²) in [6.07, 6.45) is 0.672. The van der Waals surface area contributed by atoms with Crippen LogP contribution in [0.4, 0.5) is 5.69 Å². The highest BCUT2D eigenvalue weighted by Gasteiger charge is 2.38. The molecule has 0 N–H and O–H groups in total. The van der Waals surface area contributed by atoms with Crippen LogP contribution in [0.2, 0.25) is 5.02 Å². The maximum Gasteiger partial charge on any atom is 0.338 e. The first-order valence-electron chi connectivity index (χ1n) is 10.2. The number of hydrogen-bond acceptors (Lipinski definition) is 8. The molecule has 2 aromatic heterocycles. The van der Waals surface area contributed by atoms with E-state index in [1.165, 1.54) is 40.1 Å². The quantitative estimate of drug-likeness (QED) is 0.308. The van der Waals surface area contributed by atoms with Gasteiger partial charge in [0.1, 0.15) is 11.6 Å². The summed E-state index contributed by atoms with van der Waals surface area (Å²) in [6.45, 7) is 1.69. The topological polar surface area (TPSA) is 111 Å². The van der Waals surface area contributed by atoms with E-state index in [0.717, 1.165) is 9.91 Å². The van der Waals surface area contributed by atoms with E-state index in [-0.39, 0.29) is 45.3 Å². The maximum absolute atomic E-state index is 12.9. The molecule has 34 heavy (non-hydrogen) atoms. The number of benzene rings is 2. The first-order valence-corrected chi connectivity index (χ1v) is 11.4. The van der Waals surface area contributed by atoms with Gasteiger partial charge < -0.3 is 4.74 Å². The SMILES string of the molecule is CCc1nn2c(=O)cc(COC(=O)c3ccc4c(c3)C(=O)N(c3ccccc3Cl)C4=O)nc2s1. The molecule has 0 aliphatic carbocycles. The van der Waals surface area contributed by atoms with Crippen LogP contribution in [0, 0.1) is 0 Å². The molecule has 0 radical (unpaired) electrons. The predicted octanol–water partition coefficient (Wildman–Crippen LogP) is 3.52. The second kappa shape index (κ2) is 8.47. The van der Waals surface area contributed by atoms with Crippen molar-refractivity contribution < 1.29 is 19.1 Å². The summed E-state index contributed by atoms with van der Waals surface area (Å²) in [6, 6.07) is 11.9. The third-order valence-corrected chi connectivity index (χ3v) is 6.58. The van der Waals surface area contributed by atoms with Gasteiger partial charge in [-0.05, 0) is 36.8 Å². The average Bonchev–Trinajstić information content (AvgIpc) is 3.37. The summed E-state index contributed by atoms with van der Waals surface area (Å²) in [5.41, 5.74) is 0.508. The molecule has 5 rings (SSSR count). The highest BCUT2D eigenvalue weighted by atomic mass is 35.5. The maximum atomic E-state index is 12.9. The van der Waals surface area contributed by atoms with Crippen LogP contribution < -0.4 is 10.5 Å². The van der Waals surface area contributed by atoms with Gasteiger partial charge in [-0.25, -0.2) is 14.7 Å². The van der Waals surface area contributed by atoms with Gasteiger partial charge in [0.2, 0.25) is 4.96 Å². The highest BCUT2D eigenvalue weighted by molar-refractivity contribution is 7.16. The molecule has 9 nitrogen and oxygen atoms in total. The molecule has 2 amide bonds. The van der Waals surface area contributed by atoms with Crippen LogP contribution in [-0.2, 0) is 17.8 Å². The Balaban J connectivity index is 1.37. The van der Waals surface area contributed by atoms with Crippen molar-refractivity contribution in [2.75, 3.05) is 4.90 Å². The number of anilines is 1. The minimum Gasteiger partial charge on any atom is -0.456 e. The van der Waals surface area contributed by atoms with Gasteiger partial charge in [0.25, 0.3) is 17.4 Å². The summed E-state index contributed by atoms with van der Waals surface area (Å²) >= 11 is 7.45. The van der Waals surface area contributed by atoms with Crippen LogP contribution in [-0.4, -0.2) is 32.4 Å². The molecular formula is C23H15ClN4O5S. The molecule has 0 spiro atoms. The number of imide groups is 1. The van der Waals surface area contributed by atoms with Gasteiger partial charge in [-0.15, -0.1) is 0 Å². The Kier molecular flexibility index (Phi) is 5.46. The number of carbonyl (C=O) groups is 3. The summed E-state index contributed by atoms with van der Waals surface area (Å²) in [4.78, 5) is 56.4. The molecule has 3 heterocycles. The van der Waals surface area contributed by atoms with E-state index in [0.29, 0.717) is 11.4 Å². The Bertz CT molecular complexity index is 1560. The Labute approximate surface area is 201 Å². The van der Waals surface area contributed by atoms with Crippen molar-refractivity contribution in [3.63, 3.8) is 0 Å². The van der Waals surface area contributed by atoms with Crippen molar-refractivity contribution in [2.24, 2.45) is 0 Å². The molecule has 2 aromatic carbocycles. The van der Waals surface area contributed by atoms with E-state index in [1.54, 1.807) is 24.3 Å². The van der Waals surface area contributed by atoms with Crippen molar-refractivity contribution >= 4 is 51.4 Å². The number of aromatic nitrogens is 3. The number of carbonyl (C=O) groups excluding carboxylic acids is 3. The zero-order chi connectivity index (χ0) is 24.0. The molecule has 0 unspecified atom stereocenters. The van der Waals surface area contributed by atoms with Gasteiger partial charge in [-0.2, -0.15) is 9.61 Å². The van der Waals surface area contributed by atoms with Gasteiger partial charge in [0.15, 0.2) is 0 Å². The number of halogens is 1. The highest BCUT2D eigenvalue weighted by Crippen LogP contribution is 2.33. The standard InChI is InChI=1S/C23H15ClN4O5S/c1-2-18-26-28-19(29)10-13(25-23(28)34-18)11-33-22(32)12-7-8-14-15(9-12)21(31)27(20(14)30)17-6-4-3-5-16(17)24/h3-10H,2,11H2,1H3. The molecule has 1 aliphatic rings. The Morgan fingerprint density at radius 3 is 2.59 bits per heavy atom. The van der Waals surface area contributed by atoms with Crippen molar-refractivity contribution in [1.82, 2.24) is 14.6 Å². The lowest BCUT2D eigenvalue weighted by Crippen LogP contribution is -2.29. The molecule has 0 saturated heterocycles. The number of amides is 2. The van der Waals surface area contributed by atoms with Crippen molar-refractivity contribution in [2.45, 2.75) is 20.0 Å². The first kappa shape index (κ1) is 21.9. The minimum absolute atomic E-state index is 0.0777. The zero-order valence-electron chi connectivity index (χ0n) is 17.6. The molecule has 1 aliphatic heterocycles.